The van der Waals surface area contributed by atoms with Gasteiger partial charge in [0.2, 0.25) is 6.79 Å². The Morgan fingerprint density at radius 3 is 2.59 bits per heavy atom. The second-order valence-electron chi connectivity index (χ2n) is 7.46. The molecule has 0 bridgehead atoms. The van der Waals surface area contributed by atoms with E-state index in [-0.39, 0.29) is 30.3 Å². The summed E-state index contributed by atoms with van der Waals surface area (Å²) in [4.78, 5) is 29.2. The first-order chi connectivity index (χ1) is 14.2. The fourth-order valence-electron chi connectivity index (χ4n) is 3.71. The van der Waals surface area contributed by atoms with Crippen LogP contribution in [0.5, 0.6) is 11.5 Å². The Morgan fingerprint density at radius 1 is 0.966 bits per heavy atom. The average molecular weight is 395 g/mol. The maximum absolute atomic E-state index is 12.6. The molecule has 4 rings (SSSR count). The molecule has 0 radical (unpaired) electrons. The first-order valence-electron chi connectivity index (χ1n) is 10.1. The largest absolute Gasteiger partial charge is 0.454 e. The van der Waals surface area contributed by atoms with E-state index in [2.05, 4.69) is 15.6 Å². The fraction of sp³-hybridized carbons (Fsp3) is 0.409. The normalized spacial score (nSPS) is 16.1. The summed E-state index contributed by atoms with van der Waals surface area (Å²) >= 11 is 0. The molecule has 152 valence electrons. The number of pyridine rings is 1. The number of carbonyl (C=O) groups excluding carboxylic acids is 2. The Hall–Kier alpha value is -3.09. The molecule has 2 amide bonds. The lowest BCUT2D eigenvalue weighted by Gasteiger charge is -2.16. The summed E-state index contributed by atoms with van der Waals surface area (Å²) < 4.78 is 10.6. The van der Waals surface area contributed by atoms with Gasteiger partial charge in [0.05, 0.1) is 0 Å². The molecule has 0 saturated heterocycles. The van der Waals surface area contributed by atoms with Gasteiger partial charge in [0.1, 0.15) is 5.69 Å². The highest BCUT2D eigenvalue weighted by molar-refractivity contribution is 5.98. The summed E-state index contributed by atoms with van der Waals surface area (Å²) in [5.74, 6) is 0.900. The van der Waals surface area contributed by atoms with E-state index in [0.717, 1.165) is 31.2 Å². The van der Waals surface area contributed by atoms with Gasteiger partial charge in [-0.3, -0.25) is 14.6 Å². The third kappa shape index (κ3) is 4.85. The van der Waals surface area contributed by atoms with E-state index in [1.54, 1.807) is 12.1 Å². The molecule has 0 unspecified atom stereocenters. The summed E-state index contributed by atoms with van der Waals surface area (Å²) in [5, 5.41) is 5.93. The molecule has 2 heterocycles. The van der Waals surface area contributed by atoms with E-state index in [9.17, 15) is 9.59 Å². The van der Waals surface area contributed by atoms with Crippen LogP contribution >= 0.6 is 0 Å². The van der Waals surface area contributed by atoms with Crippen molar-refractivity contribution in [2.45, 2.75) is 51.1 Å². The molecule has 1 fully saturated rings. The van der Waals surface area contributed by atoms with Gasteiger partial charge in [-0.15, -0.1) is 0 Å². The predicted octanol–water partition coefficient (Wildman–Crippen LogP) is 3.19. The minimum atomic E-state index is -0.327. The van der Waals surface area contributed by atoms with Gasteiger partial charge in [-0.05, 0) is 42.7 Å². The van der Waals surface area contributed by atoms with Crippen molar-refractivity contribution >= 4 is 11.8 Å². The summed E-state index contributed by atoms with van der Waals surface area (Å²) in [6.45, 7) is 0.542. The Morgan fingerprint density at radius 2 is 1.76 bits per heavy atom. The van der Waals surface area contributed by atoms with E-state index < -0.39 is 0 Å². The van der Waals surface area contributed by atoms with Crippen molar-refractivity contribution in [3.05, 3.63) is 53.3 Å². The maximum Gasteiger partial charge on any atom is 0.270 e. The van der Waals surface area contributed by atoms with Crippen molar-refractivity contribution < 1.29 is 19.1 Å². The lowest BCUT2D eigenvalue weighted by molar-refractivity contribution is 0.0933. The molecule has 2 aromatic rings. The van der Waals surface area contributed by atoms with Crippen LogP contribution in [-0.4, -0.2) is 29.6 Å². The molecule has 0 spiro atoms. The topological polar surface area (TPSA) is 89.6 Å². The third-order valence-electron chi connectivity index (χ3n) is 5.34. The van der Waals surface area contributed by atoms with Gasteiger partial charge < -0.3 is 20.1 Å². The number of rotatable bonds is 5. The SMILES string of the molecule is O=C(NC1CCCCCC1)c1ccnc(C(=O)NCc2ccc3c(c2)OCO3)c1. The van der Waals surface area contributed by atoms with E-state index in [4.69, 9.17) is 9.47 Å². The molecule has 1 saturated carbocycles. The zero-order valence-corrected chi connectivity index (χ0v) is 16.3. The van der Waals surface area contributed by atoms with Crippen molar-refractivity contribution in [3.63, 3.8) is 0 Å². The first kappa shape index (κ1) is 19.2. The molecule has 0 atom stereocenters. The molecule has 29 heavy (non-hydrogen) atoms. The Labute approximate surface area is 169 Å². The van der Waals surface area contributed by atoms with Crippen LogP contribution in [0.15, 0.2) is 36.5 Å². The second-order valence-corrected chi connectivity index (χ2v) is 7.46. The predicted molar refractivity (Wildman–Crippen MR) is 107 cm³/mol. The number of hydrogen-bond acceptors (Lipinski definition) is 5. The Bertz CT molecular complexity index is 891. The number of fused-ring (bicyclic) bond motifs is 1. The van der Waals surface area contributed by atoms with E-state index in [0.29, 0.717) is 23.6 Å². The molecular formula is C22H25N3O4. The van der Waals surface area contributed by atoms with Gasteiger partial charge in [-0.2, -0.15) is 0 Å². The van der Waals surface area contributed by atoms with Crippen molar-refractivity contribution in [3.8, 4) is 11.5 Å². The van der Waals surface area contributed by atoms with Crippen LogP contribution in [0, 0.1) is 0 Å². The van der Waals surface area contributed by atoms with Gasteiger partial charge >= 0.3 is 0 Å². The van der Waals surface area contributed by atoms with E-state index in [1.165, 1.54) is 19.0 Å². The average Bonchev–Trinajstić information content (AvgIpc) is 3.07. The Balaban J connectivity index is 1.36. The lowest BCUT2D eigenvalue weighted by atomic mass is 10.1. The van der Waals surface area contributed by atoms with Gasteiger partial charge in [0.25, 0.3) is 11.8 Å². The van der Waals surface area contributed by atoms with Crippen LogP contribution in [-0.2, 0) is 6.54 Å². The van der Waals surface area contributed by atoms with Gasteiger partial charge in [0, 0.05) is 24.3 Å². The molecule has 1 aromatic heterocycles. The first-order valence-corrected chi connectivity index (χ1v) is 10.1. The minimum absolute atomic E-state index is 0.149. The van der Waals surface area contributed by atoms with Crippen molar-refractivity contribution in [1.82, 2.24) is 15.6 Å². The maximum atomic E-state index is 12.6. The van der Waals surface area contributed by atoms with Crippen molar-refractivity contribution in [2.24, 2.45) is 0 Å². The number of hydrogen-bond donors (Lipinski definition) is 2. The van der Waals surface area contributed by atoms with Gasteiger partial charge in [0.15, 0.2) is 11.5 Å². The van der Waals surface area contributed by atoms with Gasteiger partial charge in [-0.25, -0.2) is 0 Å². The zero-order chi connectivity index (χ0) is 20.1. The summed E-state index contributed by atoms with van der Waals surface area (Å²) in [6.07, 6.45) is 8.28. The van der Waals surface area contributed by atoms with E-state index in [1.807, 2.05) is 18.2 Å². The minimum Gasteiger partial charge on any atom is -0.454 e. The highest BCUT2D eigenvalue weighted by atomic mass is 16.7. The highest BCUT2D eigenvalue weighted by Gasteiger charge is 2.18. The molecule has 1 aromatic carbocycles. The standard InChI is InChI=1S/C22H25N3O4/c26-21(25-17-5-3-1-2-4-6-17)16-9-10-23-18(12-16)22(27)24-13-15-7-8-19-20(11-15)29-14-28-19/h7-12,17H,1-6,13-14H2,(H,24,27)(H,25,26). The number of ether oxygens (including phenoxy) is 2. The smallest absolute Gasteiger partial charge is 0.270 e. The number of aromatic nitrogens is 1. The summed E-state index contributed by atoms with van der Waals surface area (Å²) in [5.41, 5.74) is 1.57. The van der Waals surface area contributed by atoms with Crippen molar-refractivity contribution in [1.29, 1.82) is 0 Å². The summed E-state index contributed by atoms with van der Waals surface area (Å²) in [6, 6.07) is 8.92. The quantitative estimate of drug-likeness (QED) is 0.759. The number of benzene rings is 1. The second kappa shape index (κ2) is 8.94. The van der Waals surface area contributed by atoms with Crippen LogP contribution < -0.4 is 20.1 Å². The third-order valence-corrected chi connectivity index (χ3v) is 5.34. The lowest BCUT2D eigenvalue weighted by Crippen LogP contribution is -2.34. The van der Waals surface area contributed by atoms with Crippen LogP contribution in [0.4, 0.5) is 0 Å². The zero-order valence-electron chi connectivity index (χ0n) is 16.3. The fourth-order valence-corrected chi connectivity index (χ4v) is 3.71. The molecule has 7 heteroatoms. The number of amides is 2. The number of carbonyl (C=O) groups is 2. The van der Waals surface area contributed by atoms with Crippen LogP contribution in [0.1, 0.15) is 64.9 Å². The Kier molecular flexibility index (Phi) is 5.93. The highest BCUT2D eigenvalue weighted by Crippen LogP contribution is 2.32. The van der Waals surface area contributed by atoms with Crippen LogP contribution in [0.2, 0.25) is 0 Å². The van der Waals surface area contributed by atoms with Crippen LogP contribution in [0.3, 0.4) is 0 Å². The van der Waals surface area contributed by atoms with Crippen molar-refractivity contribution in [2.75, 3.05) is 6.79 Å². The number of nitrogens with one attached hydrogen (secondary N) is 2. The van der Waals surface area contributed by atoms with E-state index >= 15 is 0 Å². The molecule has 1 aliphatic heterocycles. The molecule has 7 nitrogen and oxygen atoms in total. The molecule has 2 aliphatic rings. The van der Waals surface area contributed by atoms with Gasteiger partial charge in [-0.1, -0.05) is 31.7 Å². The molecular weight excluding hydrogens is 370 g/mol. The molecule has 1 aliphatic carbocycles. The van der Waals surface area contributed by atoms with Crippen LogP contribution in [0.25, 0.3) is 0 Å². The number of nitrogens with zero attached hydrogens (tertiary/aromatic N) is 1. The summed E-state index contributed by atoms with van der Waals surface area (Å²) in [7, 11) is 0. The monoisotopic (exact) mass is 395 g/mol. The molecule has 2 N–H and O–H groups in total.